The molecule has 1 aromatic rings. The number of nitrogens with one attached hydrogen (secondary N) is 1. The molecule has 1 N–H and O–H groups in total. The Balaban J connectivity index is 2.07. The van der Waals surface area contributed by atoms with E-state index in [1.165, 1.54) is 23.8 Å². The summed E-state index contributed by atoms with van der Waals surface area (Å²) < 4.78 is 22.6. The molecule has 1 aromatic carbocycles. The van der Waals surface area contributed by atoms with E-state index in [4.69, 9.17) is 0 Å². The summed E-state index contributed by atoms with van der Waals surface area (Å²) >= 11 is 0. The van der Waals surface area contributed by atoms with Gasteiger partial charge in [0.05, 0.1) is 5.75 Å². The summed E-state index contributed by atoms with van der Waals surface area (Å²) in [6.45, 7) is 1.94. The van der Waals surface area contributed by atoms with Crippen molar-refractivity contribution in [2.75, 3.05) is 12.0 Å². The lowest BCUT2D eigenvalue weighted by molar-refractivity contribution is 0.423. The van der Waals surface area contributed by atoms with Crippen LogP contribution in [0, 0.1) is 0 Å². The zero-order chi connectivity index (χ0) is 13.2. The fourth-order valence-electron chi connectivity index (χ4n) is 2.77. The van der Waals surface area contributed by atoms with E-state index in [0.717, 1.165) is 12.8 Å². The van der Waals surface area contributed by atoms with Gasteiger partial charge < -0.3 is 5.32 Å². The second kappa shape index (κ2) is 5.41. The summed E-state index contributed by atoms with van der Waals surface area (Å²) in [5.41, 5.74) is 2.73. The third kappa shape index (κ3) is 3.56. The maximum atomic E-state index is 11.3. The smallest absolute Gasteiger partial charge is 0.148 e. The first-order chi connectivity index (χ1) is 8.46. The van der Waals surface area contributed by atoms with Crippen molar-refractivity contribution in [3.8, 4) is 0 Å². The molecular weight excluding hydrogens is 246 g/mol. The van der Waals surface area contributed by atoms with Crippen LogP contribution in [-0.2, 0) is 16.3 Å². The van der Waals surface area contributed by atoms with E-state index in [1.807, 2.05) is 6.92 Å². The number of sulfone groups is 1. The van der Waals surface area contributed by atoms with Crippen LogP contribution in [0.25, 0.3) is 0 Å². The molecular formula is C14H21NO2S. The Hall–Kier alpha value is -0.870. The van der Waals surface area contributed by atoms with Gasteiger partial charge >= 0.3 is 0 Å². The lowest BCUT2D eigenvalue weighted by Crippen LogP contribution is -2.37. The van der Waals surface area contributed by atoms with Gasteiger partial charge in [0.2, 0.25) is 0 Å². The summed E-state index contributed by atoms with van der Waals surface area (Å²) in [6, 6.07) is 8.74. The van der Waals surface area contributed by atoms with E-state index >= 15 is 0 Å². The molecule has 0 aliphatic heterocycles. The molecule has 1 aliphatic rings. The van der Waals surface area contributed by atoms with E-state index < -0.39 is 9.84 Å². The molecule has 0 aromatic heterocycles. The normalized spacial score (nSPS) is 21.3. The van der Waals surface area contributed by atoms with Crippen LogP contribution < -0.4 is 5.32 Å². The molecule has 0 heterocycles. The molecule has 0 fully saturated rings. The predicted octanol–water partition coefficient (Wildman–Crippen LogP) is 2.09. The van der Waals surface area contributed by atoms with Crippen LogP contribution in [0.4, 0.5) is 0 Å². The van der Waals surface area contributed by atoms with Crippen LogP contribution >= 0.6 is 0 Å². The van der Waals surface area contributed by atoms with E-state index in [1.54, 1.807) is 0 Å². The molecule has 0 radical (unpaired) electrons. The summed E-state index contributed by atoms with van der Waals surface area (Å²) in [7, 11) is -2.91. The number of rotatable bonds is 4. The molecule has 100 valence electrons. The van der Waals surface area contributed by atoms with Crippen molar-refractivity contribution in [2.24, 2.45) is 0 Å². The fraction of sp³-hybridized carbons (Fsp3) is 0.571. The Labute approximate surface area is 110 Å². The molecule has 0 saturated carbocycles. The van der Waals surface area contributed by atoms with E-state index in [9.17, 15) is 8.42 Å². The predicted molar refractivity (Wildman–Crippen MR) is 74.4 cm³/mol. The van der Waals surface area contributed by atoms with Crippen LogP contribution in [0.1, 0.15) is 36.9 Å². The highest BCUT2D eigenvalue weighted by atomic mass is 32.2. The lowest BCUT2D eigenvalue weighted by Gasteiger charge is -2.29. The van der Waals surface area contributed by atoms with Crippen molar-refractivity contribution in [2.45, 2.75) is 38.3 Å². The van der Waals surface area contributed by atoms with E-state index in [-0.39, 0.29) is 11.8 Å². The first kappa shape index (κ1) is 13.6. The number of hydrogen-bond acceptors (Lipinski definition) is 3. The summed E-state index contributed by atoms with van der Waals surface area (Å²) in [4.78, 5) is 0. The van der Waals surface area contributed by atoms with E-state index in [2.05, 4.69) is 29.6 Å². The van der Waals surface area contributed by atoms with Gasteiger partial charge in [-0.05, 0) is 37.3 Å². The maximum Gasteiger partial charge on any atom is 0.148 e. The second-order valence-corrected chi connectivity index (χ2v) is 7.49. The number of fused-ring (bicyclic) bond motifs is 1. The zero-order valence-electron chi connectivity index (χ0n) is 11.0. The quantitative estimate of drug-likeness (QED) is 0.908. The van der Waals surface area contributed by atoms with Crippen LogP contribution in [0.15, 0.2) is 24.3 Å². The Kier molecular flexibility index (Phi) is 4.07. The van der Waals surface area contributed by atoms with Gasteiger partial charge in [-0.2, -0.15) is 0 Å². The minimum absolute atomic E-state index is 0.00356. The van der Waals surface area contributed by atoms with Gasteiger partial charge in [-0.1, -0.05) is 24.3 Å². The Morgan fingerprint density at radius 1 is 1.39 bits per heavy atom. The van der Waals surface area contributed by atoms with Crippen LogP contribution in [0.5, 0.6) is 0 Å². The van der Waals surface area contributed by atoms with Crippen LogP contribution in [0.3, 0.4) is 0 Å². The van der Waals surface area contributed by atoms with Gasteiger partial charge in [0.1, 0.15) is 9.84 Å². The minimum atomic E-state index is -2.91. The third-order valence-corrected chi connectivity index (χ3v) is 4.51. The topological polar surface area (TPSA) is 46.2 Å². The molecule has 3 nitrogen and oxygen atoms in total. The SMILES string of the molecule is CC(CS(C)(=O)=O)NC1CCCc2ccccc21. The first-order valence-electron chi connectivity index (χ1n) is 6.47. The minimum Gasteiger partial charge on any atom is -0.306 e. The van der Waals surface area contributed by atoms with Crippen molar-refractivity contribution >= 4 is 9.84 Å². The summed E-state index contributed by atoms with van der Waals surface area (Å²) in [5, 5.41) is 3.45. The average molecular weight is 267 g/mol. The molecule has 0 spiro atoms. The van der Waals surface area contributed by atoms with Crippen molar-refractivity contribution < 1.29 is 8.42 Å². The standard InChI is InChI=1S/C14H21NO2S/c1-11(10-18(2,16)17)15-14-9-5-7-12-6-3-4-8-13(12)14/h3-4,6,8,11,14-15H,5,7,9-10H2,1-2H3. The van der Waals surface area contributed by atoms with Crippen molar-refractivity contribution in [1.82, 2.24) is 5.32 Å². The third-order valence-electron chi connectivity index (χ3n) is 3.41. The van der Waals surface area contributed by atoms with Crippen LogP contribution in [0.2, 0.25) is 0 Å². The Bertz CT molecular complexity index is 510. The van der Waals surface area contributed by atoms with Crippen molar-refractivity contribution in [3.05, 3.63) is 35.4 Å². The van der Waals surface area contributed by atoms with Gasteiger partial charge in [-0.25, -0.2) is 8.42 Å². The average Bonchev–Trinajstić information content (AvgIpc) is 2.27. The number of aryl methyl sites for hydroxylation is 1. The number of hydrogen-bond donors (Lipinski definition) is 1. The molecule has 0 saturated heterocycles. The first-order valence-corrected chi connectivity index (χ1v) is 8.53. The molecule has 18 heavy (non-hydrogen) atoms. The number of benzene rings is 1. The molecule has 2 unspecified atom stereocenters. The van der Waals surface area contributed by atoms with Gasteiger partial charge in [-0.3, -0.25) is 0 Å². The summed E-state index contributed by atoms with van der Waals surface area (Å²) in [6.07, 6.45) is 4.68. The molecule has 0 bridgehead atoms. The highest BCUT2D eigenvalue weighted by Crippen LogP contribution is 2.29. The summed E-state index contributed by atoms with van der Waals surface area (Å²) in [5.74, 6) is 0.200. The second-order valence-electron chi connectivity index (χ2n) is 5.30. The van der Waals surface area contributed by atoms with Gasteiger partial charge in [-0.15, -0.1) is 0 Å². The highest BCUT2D eigenvalue weighted by molar-refractivity contribution is 7.90. The van der Waals surface area contributed by atoms with Gasteiger partial charge in [0.25, 0.3) is 0 Å². The van der Waals surface area contributed by atoms with Gasteiger partial charge in [0.15, 0.2) is 0 Å². The lowest BCUT2D eigenvalue weighted by atomic mass is 9.87. The Morgan fingerprint density at radius 3 is 2.83 bits per heavy atom. The monoisotopic (exact) mass is 267 g/mol. The largest absolute Gasteiger partial charge is 0.306 e. The van der Waals surface area contributed by atoms with Crippen LogP contribution in [-0.4, -0.2) is 26.5 Å². The zero-order valence-corrected chi connectivity index (χ0v) is 11.8. The molecule has 2 rings (SSSR count). The molecule has 0 amide bonds. The van der Waals surface area contributed by atoms with Gasteiger partial charge in [0, 0.05) is 18.3 Å². The highest BCUT2D eigenvalue weighted by Gasteiger charge is 2.22. The van der Waals surface area contributed by atoms with E-state index in [0.29, 0.717) is 6.04 Å². The van der Waals surface area contributed by atoms with Crippen molar-refractivity contribution in [3.63, 3.8) is 0 Å². The Morgan fingerprint density at radius 2 is 2.11 bits per heavy atom. The maximum absolute atomic E-state index is 11.3. The molecule has 1 aliphatic carbocycles. The van der Waals surface area contributed by atoms with Crippen molar-refractivity contribution in [1.29, 1.82) is 0 Å². The molecule has 4 heteroatoms. The molecule has 2 atom stereocenters. The fourth-order valence-corrected chi connectivity index (χ4v) is 3.78.